The van der Waals surface area contributed by atoms with Crippen molar-refractivity contribution in [2.75, 3.05) is 18.9 Å². The van der Waals surface area contributed by atoms with Crippen LogP contribution in [0.3, 0.4) is 0 Å². The van der Waals surface area contributed by atoms with E-state index in [2.05, 4.69) is 15.6 Å². The lowest BCUT2D eigenvalue weighted by molar-refractivity contribution is -0.116. The number of rotatable bonds is 6. The van der Waals surface area contributed by atoms with Crippen molar-refractivity contribution in [1.29, 1.82) is 0 Å². The smallest absolute Gasteiger partial charge is 0.226 e. The summed E-state index contributed by atoms with van der Waals surface area (Å²) in [4.78, 5) is 15.9. The summed E-state index contributed by atoms with van der Waals surface area (Å²) in [7, 11) is 1.88. The Kier molecular flexibility index (Phi) is 6.91. The van der Waals surface area contributed by atoms with Gasteiger partial charge in [-0.1, -0.05) is 6.07 Å². The molecule has 0 radical (unpaired) electrons. The molecule has 114 valence electrons. The lowest BCUT2D eigenvalue weighted by atomic mass is 10.1. The van der Waals surface area contributed by atoms with Crippen LogP contribution in [0.4, 0.5) is 5.69 Å². The van der Waals surface area contributed by atoms with Gasteiger partial charge in [0.15, 0.2) is 0 Å². The maximum absolute atomic E-state index is 11.8. The molecule has 0 atom stereocenters. The first-order chi connectivity index (χ1) is 9.70. The fourth-order valence-electron chi connectivity index (χ4n) is 1.94. The van der Waals surface area contributed by atoms with Crippen molar-refractivity contribution in [2.24, 2.45) is 0 Å². The lowest BCUT2D eigenvalue weighted by Crippen LogP contribution is -2.15. The van der Waals surface area contributed by atoms with Gasteiger partial charge in [-0.2, -0.15) is 0 Å². The van der Waals surface area contributed by atoms with Gasteiger partial charge in [-0.25, -0.2) is 4.98 Å². The molecular formula is C15H20ClN3O2. The van der Waals surface area contributed by atoms with Gasteiger partial charge in [0.25, 0.3) is 0 Å². The van der Waals surface area contributed by atoms with E-state index in [1.54, 1.807) is 6.20 Å². The number of hydrogen-bond acceptors (Lipinski definition) is 4. The summed E-state index contributed by atoms with van der Waals surface area (Å²) in [5.41, 5.74) is 2.71. The Bertz CT molecular complexity index is 570. The van der Waals surface area contributed by atoms with Gasteiger partial charge in [-0.3, -0.25) is 4.79 Å². The number of nitrogens with one attached hydrogen (secondary N) is 2. The summed E-state index contributed by atoms with van der Waals surface area (Å²) in [6, 6.07) is 5.72. The lowest BCUT2D eigenvalue weighted by Gasteiger charge is -2.08. The first-order valence-electron chi connectivity index (χ1n) is 6.65. The largest absolute Gasteiger partial charge is 0.445 e. The third kappa shape index (κ3) is 4.88. The summed E-state index contributed by atoms with van der Waals surface area (Å²) < 4.78 is 5.31. The molecule has 1 amide bonds. The molecule has 2 N–H and O–H groups in total. The van der Waals surface area contributed by atoms with E-state index >= 15 is 0 Å². The maximum Gasteiger partial charge on any atom is 0.226 e. The van der Waals surface area contributed by atoms with Crippen molar-refractivity contribution in [3.63, 3.8) is 0 Å². The number of aryl methyl sites for hydroxylation is 1. The van der Waals surface area contributed by atoms with E-state index in [0.717, 1.165) is 29.8 Å². The third-order valence-electron chi connectivity index (χ3n) is 3.01. The molecule has 0 saturated carbocycles. The van der Waals surface area contributed by atoms with E-state index in [1.165, 1.54) is 6.26 Å². The predicted molar refractivity (Wildman–Crippen MR) is 85.7 cm³/mol. The van der Waals surface area contributed by atoms with Gasteiger partial charge in [-0.15, -0.1) is 12.4 Å². The molecule has 0 fully saturated rings. The Labute approximate surface area is 130 Å². The fraction of sp³-hybridized carbons (Fsp3) is 0.333. The standard InChI is InChI=1S/C15H19N3O2.ClH/c1-11-5-6-12(18-14(19)4-3-7-16-2)10-13(11)15-17-8-9-20-15;/h5-6,8-10,16H,3-4,7H2,1-2H3,(H,18,19);1H. The molecule has 2 rings (SSSR count). The molecular weight excluding hydrogens is 290 g/mol. The molecule has 21 heavy (non-hydrogen) atoms. The summed E-state index contributed by atoms with van der Waals surface area (Å²) in [6.45, 7) is 2.82. The van der Waals surface area contributed by atoms with E-state index < -0.39 is 0 Å². The van der Waals surface area contributed by atoms with E-state index in [1.807, 2.05) is 32.2 Å². The number of carbonyl (C=O) groups is 1. The van der Waals surface area contributed by atoms with E-state index in [-0.39, 0.29) is 18.3 Å². The molecule has 0 unspecified atom stereocenters. The number of amides is 1. The zero-order chi connectivity index (χ0) is 14.4. The second kappa shape index (κ2) is 8.44. The number of halogens is 1. The average molecular weight is 310 g/mol. The quantitative estimate of drug-likeness (QED) is 0.805. The third-order valence-corrected chi connectivity index (χ3v) is 3.01. The van der Waals surface area contributed by atoms with Crippen molar-refractivity contribution >= 4 is 24.0 Å². The van der Waals surface area contributed by atoms with Crippen LogP contribution >= 0.6 is 12.4 Å². The molecule has 2 aromatic rings. The molecule has 1 aromatic carbocycles. The fourth-order valence-corrected chi connectivity index (χ4v) is 1.94. The van der Waals surface area contributed by atoms with Gasteiger partial charge in [0.2, 0.25) is 11.8 Å². The van der Waals surface area contributed by atoms with Crippen LogP contribution in [0.5, 0.6) is 0 Å². The monoisotopic (exact) mass is 309 g/mol. The Balaban J connectivity index is 0.00000220. The number of carbonyl (C=O) groups excluding carboxylic acids is 1. The van der Waals surface area contributed by atoms with Gasteiger partial charge in [0.1, 0.15) is 6.26 Å². The Morgan fingerprint density at radius 1 is 1.38 bits per heavy atom. The average Bonchev–Trinajstić information content (AvgIpc) is 2.95. The highest BCUT2D eigenvalue weighted by Gasteiger charge is 2.09. The first kappa shape index (κ1) is 17.2. The molecule has 0 aliphatic carbocycles. The summed E-state index contributed by atoms with van der Waals surface area (Å²) >= 11 is 0. The topological polar surface area (TPSA) is 67.2 Å². The highest BCUT2D eigenvalue weighted by molar-refractivity contribution is 5.91. The van der Waals surface area contributed by atoms with Gasteiger partial charge >= 0.3 is 0 Å². The van der Waals surface area contributed by atoms with Crippen LogP contribution in [-0.2, 0) is 4.79 Å². The molecule has 5 nitrogen and oxygen atoms in total. The van der Waals surface area contributed by atoms with E-state index in [4.69, 9.17) is 4.42 Å². The van der Waals surface area contributed by atoms with Crippen molar-refractivity contribution in [3.8, 4) is 11.5 Å². The first-order valence-corrected chi connectivity index (χ1v) is 6.65. The number of nitrogens with zero attached hydrogens (tertiary/aromatic N) is 1. The van der Waals surface area contributed by atoms with Crippen molar-refractivity contribution < 1.29 is 9.21 Å². The Morgan fingerprint density at radius 3 is 2.86 bits per heavy atom. The highest BCUT2D eigenvalue weighted by atomic mass is 35.5. The van der Waals surface area contributed by atoms with Gasteiger partial charge < -0.3 is 15.1 Å². The molecule has 0 spiro atoms. The van der Waals surface area contributed by atoms with Gasteiger partial charge in [0.05, 0.1) is 6.20 Å². The summed E-state index contributed by atoms with van der Waals surface area (Å²) in [5, 5.41) is 5.92. The van der Waals surface area contributed by atoms with Gasteiger partial charge in [0, 0.05) is 17.7 Å². The van der Waals surface area contributed by atoms with E-state index in [9.17, 15) is 4.79 Å². The van der Waals surface area contributed by atoms with Crippen LogP contribution < -0.4 is 10.6 Å². The van der Waals surface area contributed by atoms with Gasteiger partial charge in [-0.05, 0) is 44.6 Å². The van der Waals surface area contributed by atoms with Crippen LogP contribution in [0, 0.1) is 6.92 Å². The minimum Gasteiger partial charge on any atom is -0.445 e. The van der Waals surface area contributed by atoms with Crippen LogP contribution in [0.2, 0.25) is 0 Å². The molecule has 0 aliphatic heterocycles. The predicted octanol–water partition coefficient (Wildman–Crippen LogP) is 3.01. The number of anilines is 1. The molecule has 0 saturated heterocycles. The minimum absolute atomic E-state index is 0. The highest BCUT2D eigenvalue weighted by Crippen LogP contribution is 2.25. The second-order valence-corrected chi connectivity index (χ2v) is 4.62. The Hall–Kier alpha value is -1.85. The number of aromatic nitrogens is 1. The van der Waals surface area contributed by atoms with Crippen LogP contribution in [0.1, 0.15) is 18.4 Å². The van der Waals surface area contributed by atoms with Crippen LogP contribution in [0.15, 0.2) is 35.1 Å². The Morgan fingerprint density at radius 2 is 2.19 bits per heavy atom. The number of oxazole rings is 1. The maximum atomic E-state index is 11.8. The summed E-state index contributed by atoms with van der Waals surface area (Å²) in [6.07, 6.45) is 4.47. The molecule has 6 heteroatoms. The number of hydrogen-bond donors (Lipinski definition) is 2. The second-order valence-electron chi connectivity index (χ2n) is 4.62. The minimum atomic E-state index is 0. The van der Waals surface area contributed by atoms with E-state index in [0.29, 0.717) is 12.3 Å². The van der Waals surface area contributed by atoms with Crippen LogP contribution in [-0.4, -0.2) is 24.5 Å². The van der Waals surface area contributed by atoms with Crippen molar-refractivity contribution in [1.82, 2.24) is 10.3 Å². The van der Waals surface area contributed by atoms with Crippen LogP contribution in [0.25, 0.3) is 11.5 Å². The summed E-state index contributed by atoms with van der Waals surface area (Å²) in [5.74, 6) is 0.580. The van der Waals surface area contributed by atoms with Crippen molar-refractivity contribution in [3.05, 3.63) is 36.2 Å². The zero-order valence-electron chi connectivity index (χ0n) is 12.2. The number of benzene rings is 1. The van der Waals surface area contributed by atoms with Crippen molar-refractivity contribution in [2.45, 2.75) is 19.8 Å². The molecule has 1 heterocycles. The molecule has 0 aliphatic rings. The molecule has 1 aromatic heterocycles. The SMILES string of the molecule is CNCCCC(=O)Nc1ccc(C)c(-c2ncco2)c1.Cl. The molecule has 0 bridgehead atoms. The normalized spacial score (nSPS) is 10.0. The zero-order valence-corrected chi connectivity index (χ0v) is 13.0.